The Morgan fingerprint density at radius 3 is 2.73 bits per heavy atom. The average Bonchev–Trinajstić information content (AvgIpc) is 3.03. The standard InChI is InChI=1S/C13H18N2O5S2/c1-3-20-13(17)9-5-4-6-15(9)12(16)11-8(2)7-10(21-11)22(14,18)19/h7,9H,3-6H2,1-2H3,(H2,14,18,19)/t9-/m1/s1. The molecular weight excluding hydrogens is 328 g/mol. The van der Waals surface area contributed by atoms with E-state index < -0.39 is 22.0 Å². The van der Waals surface area contributed by atoms with Crippen molar-refractivity contribution in [2.24, 2.45) is 5.14 Å². The Labute approximate surface area is 133 Å². The molecule has 122 valence electrons. The van der Waals surface area contributed by atoms with Crippen molar-refractivity contribution in [3.05, 3.63) is 16.5 Å². The van der Waals surface area contributed by atoms with E-state index in [0.717, 1.165) is 11.3 Å². The first kappa shape index (κ1) is 16.9. The van der Waals surface area contributed by atoms with Crippen molar-refractivity contribution in [1.29, 1.82) is 0 Å². The zero-order valence-corrected chi connectivity index (χ0v) is 14.0. The smallest absolute Gasteiger partial charge is 0.328 e. The first-order valence-corrected chi connectivity index (χ1v) is 9.22. The van der Waals surface area contributed by atoms with Gasteiger partial charge in [0.2, 0.25) is 10.0 Å². The fourth-order valence-corrected chi connectivity index (χ4v) is 4.35. The number of esters is 1. The minimum Gasteiger partial charge on any atom is -0.464 e. The zero-order chi connectivity index (χ0) is 16.5. The maximum absolute atomic E-state index is 12.6. The van der Waals surface area contributed by atoms with Crippen molar-refractivity contribution < 1.29 is 22.7 Å². The number of carbonyl (C=O) groups excluding carboxylic acids is 2. The Kier molecular flexibility index (Phi) is 4.88. The van der Waals surface area contributed by atoms with Gasteiger partial charge in [0, 0.05) is 6.54 Å². The van der Waals surface area contributed by atoms with Crippen molar-refractivity contribution in [1.82, 2.24) is 4.90 Å². The number of hydrogen-bond acceptors (Lipinski definition) is 6. The second kappa shape index (κ2) is 6.35. The Balaban J connectivity index is 2.28. The molecule has 2 rings (SSSR count). The Hall–Kier alpha value is -1.45. The minimum atomic E-state index is -3.84. The molecule has 0 aromatic carbocycles. The highest BCUT2D eigenvalue weighted by atomic mass is 32.2. The number of hydrogen-bond donors (Lipinski definition) is 1. The predicted octanol–water partition coefficient (Wildman–Crippen LogP) is 0.872. The molecule has 1 aromatic heterocycles. The first-order chi connectivity index (χ1) is 10.3. The highest BCUT2D eigenvalue weighted by molar-refractivity contribution is 7.91. The quantitative estimate of drug-likeness (QED) is 0.814. The maximum atomic E-state index is 12.6. The summed E-state index contributed by atoms with van der Waals surface area (Å²) < 4.78 is 27.7. The van der Waals surface area contributed by atoms with Crippen LogP contribution in [0.4, 0.5) is 0 Å². The number of thiophene rings is 1. The van der Waals surface area contributed by atoms with Gasteiger partial charge in [0.05, 0.1) is 11.5 Å². The lowest BCUT2D eigenvalue weighted by atomic mass is 10.2. The number of sulfonamides is 1. The lowest BCUT2D eigenvalue weighted by molar-refractivity contribution is -0.147. The van der Waals surface area contributed by atoms with E-state index in [1.54, 1.807) is 13.8 Å². The molecule has 22 heavy (non-hydrogen) atoms. The second-order valence-electron chi connectivity index (χ2n) is 5.03. The van der Waals surface area contributed by atoms with Crippen LogP contribution in [0.25, 0.3) is 0 Å². The molecule has 0 spiro atoms. The number of primary sulfonamides is 1. The van der Waals surface area contributed by atoms with E-state index in [0.29, 0.717) is 29.8 Å². The maximum Gasteiger partial charge on any atom is 0.328 e. The number of likely N-dealkylation sites (tertiary alicyclic amines) is 1. The number of ether oxygens (including phenoxy) is 1. The molecule has 1 aliphatic heterocycles. The minimum absolute atomic E-state index is 0.0553. The monoisotopic (exact) mass is 346 g/mol. The van der Waals surface area contributed by atoms with Crippen LogP contribution in [0.2, 0.25) is 0 Å². The van der Waals surface area contributed by atoms with E-state index in [9.17, 15) is 18.0 Å². The van der Waals surface area contributed by atoms with Crippen LogP contribution in [0, 0.1) is 6.92 Å². The van der Waals surface area contributed by atoms with E-state index in [2.05, 4.69) is 0 Å². The summed E-state index contributed by atoms with van der Waals surface area (Å²) in [4.78, 5) is 26.3. The predicted molar refractivity (Wildman–Crippen MR) is 81.1 cm³/mol. The van der Waals surface area contributed by atoms with Crippen molar-refractivity contribution in [2.45, 2.75) is 36.9 Å². The summed E-state index contributed by atoms with van der Waals surface area (Å²) in [6.07, 6.45) is 1.26. The highest BCUT2D eigenvalue weighted by Gasteiger charge is 2.36. The van der Waals surface area contributed by atoms with Crippen LogP contribution in [-0.2, 0) is 19.6 Å². The van der Waals surface area contributed by atoms with Gasteiger partial charge < -0.3 is 9.64 Å². The van der Waals surface area contributed by atoms with E-state index >= 15 is 0 Å². The zero-order valence-electron chi connectivity index (χ0n) is 12.4. The molecule has 7 nitrogen and oxygen atoms in total. The Morgan fingerprint density at radius 1 is 1.50 bits per heavy atom. The third-order valence-electron chi connectivity index (χ3n) is 3.44. The summed E-state index contributed by atoms with van der Waals surface area (Å²) in [6.45, 7) is 4.06. The molecule has 2 N–H and O–H groups in total. The van der Waals surface area contributed by atoms with Crippen molar-refractivity contribution in [3.8, 4) is 0 Å². The number of carbonyl (C=O) groups is 2. The molecule has 0 aliphatic carbocycles. The van der Waals surface area contributed by atoms with Gasteiger partial charge in [-0.25, -0.2) is 18.4 Å². The normalized spacial score (nSPS) is 18.5. The summed E-state index contributed by atoms with van der Waals surface area (Å²) in [6, 6.07) is 0.773. The molecule has 1 fully saturated rings. The second-order valence-corrected chi connectivity index (χ2v) is 7.87. The number of amides is 1. The molecule has 1 amide bonds. The third-order valence-corrected chi connectivity index (χ3v) is 6.09. The van der Waals surface area contributed by atoms with Gasteiger partial charge in [-0.2, -0.15) is 0 Å². The van der Waals surface area contributed by atoms with Crippen LogP contribution in [0.3, 0.4) is 0 Å². The lowest BCUT2D eigenvalue weighted by Gasteiger charge is -2.22. The average molecular weight is 346 g/mol. The van der Waals surface area contributed by atoms with Crippen LogP contribution in [0.15, 0.2) is 10.3 Å². The van der Waals surface area contributed by atoms with Crippen LogP contribution < -0.4 is 5.14 Å². The summed E-state index contributed by atoms with van der Waals surface area (Å²) in [5, 5.41) is 5.09. The van der Waals surface area contributed by atoms with Crippen LogP contribution in [-0.4, -0.2) is 44.4 Å². The van der Waals surface area contributed by atoms with E-state index in [1.165, 1.54) is 11.0 Å². The summed E-state index contributed by atoms with van der Waals surface area (Å²) in [5.74, 6) is -0.776. The van der Waals surface area contributed by atoms with Crippen LogP contribution >= 0.6 is 11.3 Å². The molecule has 9 heteroatoms. The number of nitrogens with zero attached hydrogens (tertiary/aromatic N) is 1. The number of rotatable bonds is 4. The topological polar surface area (TPSA) is 107 Å². The van der Waals surface area contributed by atoms with Crippen molar-refractivity contribution in [2.75, 3.05) is 13.2 Å². The molecule has 1 aliphatic rings. The third kappa shape index (κ3) is 3.31. The van der Waals surface area contributed by atoms with E-state index in [1.807, 2.05) is 0 Å². The van der Waals surface area contributed by atoms with Gasteiger partial charge in [-0.15, -0.1) is 11.3 Å². The summed E-state index contributed by atoms with van der Waals surface area (Å²) in [5.41, 5.74) is 0.536. The van der Waals surface area contributed by atoms with Gasteiger partial charge >= 0.3 is 5.97 Å². The molecule has 2 heterocycles. The Bertz CT molecular complexity index is 695. The van der Waals surface area contributed by atoms with E-state index in [4.69, 9.17) is 9.88 Å². The van der Waals surface area contributed by atoms with Gasteiger partial charge in [0.15, 0.2) is 0 Å². The van der Waals surface area contributed by atoms with E-state index in [-0.39, 0.29) is 16.7 Å². The number of nitrogens with two attached hydrogens (primary N) is 1. The molecule has 1 aromatic rings. The molecule has 0 radical (unpaired) electrons. The highest BCUT2D eigenvalue weighted by Crippen LogP contribution is 2.29. The van der Waals surface area contributed by atoms with Gasteiger partial charge in [-0.1, -0.05) is 0 Å². The van der Waals surface area contributed by atoms with Crippen molar-refractivity contribution in [3.63, 3.8) is 0 Å². The van der Waals surface area contributed by atoms with Gasteiger partial charge in [-0.05, 0) is 38.3 Å². The largest absolute Gasteiger partial charge is 0.464 e. The van der Waals surface area contributed by atoms with Crippen molar-refractivity contribution >= 4 is 33.2 Å². The lowest BCUT2D eigenvalue weighted by Crippen LogP contribution is -2.41. The molecular formula is C13H18N2O5S2. The summed E-state index contributed by atoms with van der Waals surface area (Å²) in [7, 11) is -3.84. The Morgan fingerprint density at radius 2 is 2.18 bits per heavy atom. The summed E-state index contributed by atoms with van der Waals surface area (Å²) >= 11 is 0.832. The first-order valence-electron chi connectivity index (χ1n) is 6.86. The van der Waals surface area contributed by atoms with Crippen LogP contribution in [0.1, 0.15) is 35.0 Å². The fraction of sp³-hybridized carbons (Fsp3) is 0.538. The molecule has 0 bridgehead atoms. The molecule has 0 saturated carbocycles. The molecule has 1 atom stereocenters. The van der Waals surface area contributed by atoms with Gasteiger partial charge in [0.1, 0.15) is 10.3 Å². The van der Waals surface area contributed by atoms with Gasteiger partial charge in [-0.3, -0.25) is 4.79 Å². The van der Waals surface area contributed by atoms with Gasteiger partial charge in [0.25, 0.3) is 5.91 Å². The number of aryl methyl sites for hydroxylation is 1. The molecule has 1 saturated heterocycles. The SMILES string of the molecule is CCOC(=O)[C@H]1CCCN1C(=O)c1sc(S(N)(=O)=O)cc1C. The molecule has 0 unspecified atom stereocenters. The fourth-order valence-electron chi connectivity index (χ4n) is 2.43. The van der Waals surface area contributed by atoms with Crippen LogP contribution in [0.5, 0.6) is 0 Å².